The van der Waals surface area contributed by atoms with Gasteiger partial charge in [-0.25, -0.2) is 0 Å². The predicted molar refractivity (Wildman–Crippen MR) is 142 cm³/mol. The fraction of sp³-hybridized carbons (Fsp3) is 0.613. The van der Waals surface area contributed by atoms with Crippen LogP contribution < -0.4 is 9.47 Å². The maximum Gasteiger partial charge on any atom is 0.126 e. The van der Waals surface area contributed by atoms with Gasteiger partial charge in [-0.05, 0) is 72.9 Å². The lowest BCUT2D eigenvalue weighted by atomic mass is 9.75. The van der Waals surface area contributed by atoms with Crippen molar-refractivity contribution < 1.29 is 18.9 Å². The molecule has 4 unspecified atom stereocenters. The van der Waals surface area contributed by atoms with Gasteiger partial charge in [0.15, 0.2) is 0 Å². The van der Waals surface area contributed by atoms with Crippen LogP contribution in [-0.2, 0) is 40.6 Å². The Kier molecular flexibility index (Phi) is 7.83. The Morgan fingerprint density at radius 2 is 0.971 bits per heavy atom. The Morgan fingerprint density at radius 1 is 0.686 bits per heavy atom. The first-order valence-corrected chi connectivity index (χ1v) is 13.6. The van der Waals surface area contributed by atoms with Crippen LogP contribution in [0.5, 0.6) is 11.5 Å². The Balaban J connectivity index is 1.72. The van der Waals surface area contributed by atoms with Gasteiger partial charge in [-0.15, -0.1) is 0 Å². The molecule has 0 aromatic heterocycles. The van der Waals surface area contributed by atoms with Crippen molar-refractivity contribution in [3.8, 4) is 11.5 Å². The number of hydrogen-bond acceptors (Lipinski definition) is 4. The van der Waals surface area contributed by atoms with E-state index < -0.39 is 0 Å². The molecule has 0 saturated carbocycles. The standard InChI is InChI=1S/C31H44O4/c1-9-21-13-25(14-22(10-2)29(21)34-19(5)27-17-32-27)31(7,8)26-15-23(11-3)30(24(12-4)16-26)35-20(6)28-18-33-28/h13-16,19-20,27-28H,9-12,17-18H2,1-8H3. The summed E-state index contributed by atoms with van der Waals surface area (Å²) in [6, 6.07) is 9.46. The van der Waals surface area contributed by atoms with E-state index in [-0.39, 0.29) is 29.8 Å². The van der Waals surface area contributed by atoms with Crippen LogP contribution in [-0.4, -0.2) is 37.6 Å². The van der Waals surface area contributed by atoms with Crippen LogP contribution >= 0.6 is 0 Å². The lowest BCUT2D eigenvalue weighted by molar-refractivity contribution is 0.173. The molecule has 2 aliphatic heterocycles. The van der Waals surface area contributed by atoms with E-state index in [9.17, 15) is 0 Å². The second kappa shape index (κ2) is 10.5. The molecule has 2 saturated heterocycles. The van der Waals surface area contributed by atoms with Gasteiger partial charge in [0.1, 0.15) is 35.9 Å². The molecule has 4 heteroatoms. The maximum absolute atomic E-state index is 6.45. The minimum atomic E-state index is -0.144. The van der Waals surface area contributed by atoms with Gasteiger partial charge in [0.05, 0.1) is 13.2 Å². The van der Waals surface area contributed by atoms with Gasteiger partial charge in [-0.1, -0.05) is 65.8 Å². The lowest BCUT2D eigenvalue weighted by Crippen LogP contribution is -2.24. The van der Waals surface area contributed by atoms with Crippen molar-refractivity contribution in [3.63, 3.8) is 0 Å². The van der Waals surface area contributed by atoms with E-state index in [0.29, 0.717) is 0 Å². The van der Waals surface area contributed by atoms with Crippen LogP contribution in [0.25, 0.3) is 0 Å². The highest BCUT2D eigenvalue weighted by molar-refractivity contribution is 5.53. The Morgan fingerprint density at radius 3 is 1.20 bits per heavy atom. The molecule has 4 atom stereocenters. The molecule has 0 N–H and O–H groups in total. The molecule has 192 valence electrons. The first-order valence-electron chi connectivity index (χ1n) is 13.6. The Bertz CT molecular complexity index is 901. The minimum Gasteiger partial charge on any atom is -0.487 e. The Labute approximate surface area is 212 Å². The molecular formula is C31H44O4. The van der Waals surface area contributed by atoms with Crippen molar-refractivity contribution in [2.45, 2.75) is 111 Å². The second-order valence-corrected chi connectivity index (χ2v) is 10.7. The maximum atomic E-state index is 6.45. The normalized spacial score (nSPS) is 20.9. The molecule has 2 aliphatic rings. The third-order valence-electron chi connectivity index (χ3n) is 7.83. The third-order valence-corrected chi connectivity index (χ3v) is 7.83. The fourth-order valence-corrected chi connectivity index (χ4v) is 4.93. The van der Waals surface area contributed by atoms with E-state index in [4.69, 9.17) is 18.9 Å². The molecule has 2 aromatic carbocycles. The molecule has 0 bridgehead atoms. The summed E-state index contributed by atoms with van der Waals surface area (Å²) in [5.74, 6) is 2.11. The van der Waals surface area contributed by atoms with Crippen LogP contribution in [0.4, 0.5) is 0 Å². The number of ether oxygens (including phenoxy) is 4. The molecule has 4 nitrogen and oxygen atoms in total. The van der Waals surface area contributed by atoms with E-state index in [1.54, 1.807) is 0 Å². The van der Waals surface area contributed by atoms with Gasteiger partial charge in [-0.3, -0.25) is 0 Å². The molecule has 0 radical (unpaired) electrons. The minimum absolute atomic E-state index is 0.0830. The average molecular weight is 481 g/mol. The summed E-state index contributed by atoms with van der Waals surface area (Å²) in [6.07, 6.45) is 4.40. The highest BCUT2D eigenvalue weighted by atomic mass is 16.6. The SMILES string of the molecule is CCc1cc(C(C)(C)c2cc(CC)c(OC(C)C3CO3)c(CC)c2)cc(CC)c1OC(C)C1CO1. The van der Waals surface area contributed by atoms with Crippen LogP contribution in [0.3, 0.4) is 0 Å². The summed E-state index contributed by atoms with van der Waals surface area (Å²) in [6.45, 7) is 19.4. The van der Waals surface area contributed by atoms with E-state index >= 15 is 0 Å². The van der Waals surface area contributed by atoms with E-state index in [2.05, 4.69) is 79.7 Å². The summed E-state index contributed by atoms with van der Waals surface area (Å²) in [7, 11) is 0. The first kappa shape index (κ1) is 26.0. The largest absolute Gasteiger partial charge is 0.487 e. The monoisotopic (exact) mass is 480 g/mol. The van der Waals surface area contributed by atoms with Gasteiger partial charge in [0, 0.05) is 5.41 Å². The van der Waals surface area contributed by atoms with E-state index in [0.717, 1.165) is 50.4 Å². The lowest BCUT2D eigenvalue weighted by Gasteiger charge is -2.31. The van der Waals surface area contributed by atoms with Crippen molar-refractivity contribution in [3.05, 3.63) is 57.6 Å². The molecule has 4 rings (SSSR count). The summed E-state index contributed by atoms with van der Waals surface area (Å²) < 4.78 is 23.9. The molecule has 2 fully saturated rings. The quantitative estimate of drug-likeness (QED) is 0.321. The molecule has 2 aromatic rings. The third kappa shape index (κ3) is 5.54. The van der Waals surface area contributed by atoms with E-state index in [1.807, 2.05) is 0 Å². The van der Waals surface area contributed by atoms with Gasteiger partial charge < -0.3 is 18.9 Å². The van der Waals surface area contributed by atoms with Gasteiger partial charge in [-0.2, -0.15) is 0 Å². The molecule has 2 heterocycles. The molecule has 35 heavy (non-hydrogen) atoms. The summed E-state index contributed by atoms with van der Waals surface area (Å²) in [5, 5.41) is 0. The average Bonchev–Trinajstić information content (AvgIpc) is 3.76. The smallest absolute Gasteiger partial charge is 0.126 e. The van der Waals surface area contributed by atoms with Gasteiger partial charge in [0.2, 0.25) is 0 Å². The first-order chi connectivity index (χ1) is 16.7. The predicted octanol–water partition coefficient (Wildman–Crippen LogP) is 6.59. The zero-order valence-corrected chi connectivity index (χ0v) is 23.0. The number of hydrogen-bond donors (Lipinski definition) is 0. The zero-order valence-electron chi connectivity index (χ0n) is 23.0. The van der Waals surface area contributed by atoms with Crippen LogP contribution in [0.2, 0.25) is 0 Å². The number of rotatable bonds is 12. The van der Waals surface area contributed by atoms with Gasteiger partial charge >= 0.3 is 0 Å². The van der Waals surface area contributed by atoms with Crippen LogP contribution in [0.15, 0.2) is 24.3 Å². The van der Waals surface area contributed by atoms with Crippen molar-refractivity contribution in [2.75, 3.05) is 13.2 Å². The van der Waals surface area contributed by atoms with Crippen LogP contribution in [0, 0.1) is 0 Å². The second-order valence-electron chi connectivity index (χ2n) is 10.7. The molecule has 0 aliphatic carbocycles. The molecule has 0 spiro atoms. The van der Waals surface area contributed by atoms with Crippen molar-refractivity contribution in [1.82, 2.24) is 0 Å². The zero-order chi connectivity index (χ0) is 25.3. The number of epoxide rings is 2. The molecular weight excluding hydrogens is 436 g/mol. The summed E-state index contributed by atoms with van der Waals surface area (Å²) >= 11 is 0. The van der Waals surface area contributed by atoms with Crippen LogP contribution in [0.1, 0.15) is 88.8 Å². The number of aryl methyl sites for hydroxylation is 4. The molecule has 0 amide bonds. The highest BCUT2D eigenvalue weighted by Gasteiger charge is 2.34. The summed E-state index contributed by atoms with van der Waals surface area (Å²) in [4.78, 5) is 0. The van der Waals surface area contributed by atoms with Crippen molar-refractivity contribution in [1.29, 1.82) is 0 Å². The van der Waals surface area contributed by atoms with Gasteiger partial charge in [0.25, 0.3) is 0 Å². The Hall–Kier alpha value is -2.04. The van der Waals surface area contributed by atoms with E-state index in [1.165, 1.54) is 33.4 Å². The highest BCUT2D eigenvalue weighted by Crippen LogP contribution is 2.41. The fourth-order valence-electron chi connectivity index (χ4n) is 4.93. The van der Waals surface area contributed by atoms with Crippen molar-refractivity contribution >= 4 is 0 Å². The summed E-state index contributed by atoms with van der Waals surface area (Å²) in [5.41, 5.74) is 7.66. The topological polar surface area (TPSA) is 43.5 Å². The number of benzene rings is 2. The van der Waals surface area contributed by atoms with Crippen molar-refractivity contribution in [2.24, 2.45) is 0 Å².